The lowest BCUT2D eigenvalue weighted by Gasteiger charge is -2.10. The van der Waals surface area contributed by atoms with Crippen LogP contribution in [0.25, 0.3) is 0 Å². The van der Waals surface area contributed by atoms with Gasteiger partial charge in [0.2, 0.25) is 10.0 Å². The highest BCUT2D eigenvalue weighted by atomic mass is 35.5. The topological polar surface area (TPSA) is 66.4 Å². The van der Waals surface area contributed by atoms with Gasteiger partial charge in [0.05, 0.1) is 6.61 Å². The van der Waals surface area contributed by atoms with Crippen molar-refractivity contribution in [1.29, 1.82) is 0 Å². The Morgan fingerprint density at radius 2 is 2.05 bits per heavy atom. The number of aliphatic hydroxyl groups is 1. The summed E-state index contributed by atoms with van der Waals surface area (Å²) in [5.41, 5.74) is 1.63. The van der Waals surface area contributed by atoms with Gasteiger partial charge in [-0.05, 0) is 40.9 Å². The summed E-state index contributed by atoms with van der Waals surface area (Å²) in [5, 5.41) is 12.8. The molecule has 0 aliphatic carbocycles. The van der Waals surface area contributed by atoms with Crippen molar-refractivity contribution in [1.82, 2.24) is 4.72 Å². The molecule has 0 saturated heterocycles. The first kappa shape index (κ1) is 16.4. The molecule has 0 spiro atoms. The number of thiophene rings is 1. The zero-order valence-corrected chi connectivity index (χ0v) is 13.4. The Balaban J connectivity index is 2.32. The Kier molecular flexibility index (Phi) is 5.00. The van der Waals surface area contributed by atoms with Crippen LogP contribution in [0.4, 0.5) is 4.39 Å². The van der Waals surface area contributed by atoms with Gasteiger partial charge in [-0.15, -0.1) is 0 Å². The minimum atomic E-state index is -4.05. The van der Waals surface area contributed by atoms with Gasteiger partial charge in [0.25, 0.3) is 0 Å². The minimum Gasteiger partial charge on any atom is -0.392 e. The normalized spacial score (nSPS) is 11.8. The van der Waals surface area contributed by atoms with Gasteiger partial charge in [-0.1, -0.05) is 11.6 Å². The van der Waals surface area contributed by atoms with Crippen molar-refractivity contribution in [2.24, 2.45) is 0 Å². The third-order valence-corrected chi connectivity index (χ3v) is 5.48. The van der Waals surface area contributed by atoms with Gasteiger partial charge in [-0.3, -0.25) is 0 Å². The summed E-state index contributed by atoms with van der Waals surface area (Å²) in [5.74, 6) is -0.989. The van der Waals surface area contributed by atoms with Crippen molar-refractivity contribution in [2.45, 2.75) is 25.0 Å². The molecule has 0 saturated carbocycles. The number of rotatable bonds is 5. The highest BCUT2D eigenvalue weighted by Gasteiger charge is 2.22. The van der Waals surface area contributed by atoms with Crippen LogP contribution in [0.2, 0.25) is 5.02 Å². The molecule has 0 atom stereocenters. The number of benzene rings is 1. The molecule has 114 valence electrons. The number of hydrogen-bond donors (Lipinski definition) is 2. The van der Waals surface area contributed by atoms with E-state index in [9.17, 15) is 12.8 Å². The van der Waals surface area contributed by atoms with Crippen molar-refractivity contribution in [3.8, 4) is 0 Å². The molecule has 21 heavy (non-hydrogen) atoms. The molecular weight excluding hydrogens is 337 g/mol. The number of aryl methyl sites for hydroxylation is 1. The second-order valence-electron chi connectivity index (χ2n) is 4.44. The van der Waals surface area contributed by atoms with Crippen LogP contribution in [0.5, 0.6) is 0 Å². The van der Waals surface area contributed by atoms with Crippen molar-refractivity contribution in [2.75, 3.05) is 0 Å². The van der Waals surface area contributed by atoms with Crippen LogP contribution in [0, 0.1) is 12.7 Å². The first-order valence-electron chi connectivity index (χ1n) is 5.95. The zero-order chi connectivity index (χ0) is 15.6. The fourth-order valence-electron chi connectivity index (χ4n) is 1.75. The Labute approximate surface area is 131 Å². The first-order chi connectivity index (χ1) is 9.85. The largest absolute Gasteiger partial charge is 0.392 e. The molecule has 2 N–H and O–H groups in total. The molecule has 0 fully saturated rings. The van der Waals surface area contributed by atoms with Crippen LogP contribution in [0.3, 0.4) is 0 Å². The predicted molar refractivity (Wildman–Crippen MR) is 80.4 cm³/mol. The molecule has 4 nitrogen and oxygen atoms in total. The van der Waals surface area contributed by atoms with Gasteiger partial charge in [-0.2, -0.15) is 11.3 Å². The smallest absolute Gasteiger partial charge is 0.243 e. The molecular formula is C13H13ClFNO3S2. The molecule has 2 aromatic rings. The maximum atomic E-state index is 14.1. The molecule has 8 heteroatoms. The highest BCUT2D eigenvalue weighted by molar-refractivity contribution is 7.89. The molecule has 0 aliphatic rings. The second kappa shape index (κ2) is 6.41. The van der Waals surface area contributed by atoms with Crippen LogP contribution in [-0.2, 0) is 23.2 Å². The second-order valence-corrected chi connectivity index (χ2v) is 7.36. The summed E-state index contributed by atoms with van der Waals surface area (Å²) in [7, 11) is -4.05. The standard InChI is InChI=1S/C13H13ClFNO3S2/c1-8-6-20-7-10(8)4-16-21(18,19)12-3-11(14)2-9(5-17)13(12)15/h2-3,6-7,16-17H,4-5H2,1H3. The van der Waals surface area contributed by atoms with Crippen molar-refractivity contribution in [3.63, 3.8) is 0 Å². The molecule has 0 radical (unpaired) electrons. The average molecular weight is 350 g/mol. The van der Waals surface area contributed by atoms with E-state index < -0.39 is 27.3 Å². The molecule has 0 unspecified atom stereocenters. The Bertz CT molecular complexity index is 759. The van der Waals surface area contributed by atoms with E-state index in [1.807, 2.05) is 17.7 Å². The number of halogens is 2. The number of aliphatic hydroxyl groups excluding tert-OH is 1. The molecule has 1 aromatic carbocycles. The lowest BCUT2D eigenvalue weighted by atomic mass is 10.2. The van der Waals surface area contributed by atoms with Gasteiger partial charge in [0.1, 0.15) is 10.7 Å². The van der Waals surface area contributed by atoms with Crippen molar-refractivity contribution < 1.29 is 17.9 Å². The van der Waals surface area contributed by atoms with E-state index in [2.05, 4.69) is 4.72 Å². The highest BCUT2D eigenvalue weighted by Crippen LogP contribution is 2.24. The molecule has 0 aliphatic heterocycles. The lowest BCUT2D eigenvalue weighted by molar-refractivity contribution is 0.274. The van der Waals surface area contributed by atoms with Gasteiger partial charge in [-0.25, -0.2) is 17.5 Å². The third-order valence-electron chi connectivity index (χ3n) is 2.95. The molecule has 0 bridgehead atoms. The number of nitrogens with one attached hydrogen (secondary N) is 1. The van der Waals surface area contributed by atoms with Gasteiger partial charge < -0.3 is 5.11 Å². The third kappa shape index (κ3) is 3.61. The number of sulfonamides is 1. The molecule has 0 amide bonds. The van der Waals surface area contributed by atoms with Crippen molar-refractivity contribution >= 4 is 33.0 Å². The van der Waals surface area contributed by atoms with E-state index in [1.54, 1.807) is 0 Å². The van der Waals surface area contributed by atoms with Gasteiger partial charge in [0, 0.05) is 17.1 Å². The SMILES string of the molecule is Cc1cscc1CNS(=O)(=O)c1cc(Cl)cc(CO)c1F. The molecule has 1 aromatic heterocycles. The summed E-state index contributed by atoms with van der Waals surface area (Å²) in [6, 6.07) is 2.22. The summed E-state index contributed by atoms with van der Waals surface area (Å²) in [6.07, 6.45) is 0. The van der Waals surface area contributed by atoms with Crippen molar-refractivity contribution in [3.05, 3.63) is 50.4 Å². The van der Waals surface area contributed by atoms with Gasteiger partial charge in [0.15, 0.2) is 0 Å². The number of hydrogen-bond acceptors (Lipinski definition) is 4. The van der Waals surface area contributed by atoms with Crippen LogP contribution >= 0.6 is 22.9 Å². The van der Waals surface area contributed by atoms with Crippen LogP contribution in [0.1, 0.15) is 16.7 Å². The van der Waals surface area contributed by atoms with E-state index in [4.69, 9.17) is 16.7 Å². The predicted octanol–water partition coefficient (Wildman–Crippen LogP) is 2.82. The average Bonchev–Trinajstić information content (AvgIpc) is 2.84. The zero-order valence-electron chi connectivity index (χ0n) is 11.1. The Hall–Kier alpha value is -0.990. The summed E-state index contributed by atoms with van der Waals surface area (Å²) in [4.78, 5) is -0.563. The monoisotopic (exact) mass is 349 g/mol. The fourth-order valence-corrected chi connectivity index (χ4v) is 4.06. The van der Waals surface area contributed by atoms with Crippen LogP contribution in [0.15, 0.2) is 27.8 Å². The maximum absolute atomic E-state index is 14.1. The molecule has 2 rings (SSSR count). The Morgan fingerprint density at radius 3 is 2.62 bits per heavy atom. The van der Waals surface area contributed by atoms with Crippen LogP contribution in [-0.4, -0.2) is 13.5 Å². The summed E-state index contributed by atoms with van der Waals surface area (Å²) < 4.78 is 40.8. The van der Waals surface area contributed by atoms with Gasteiger partial charge >= 0.3 is 0 Å². The van der Waals surface area contributed by atoms with E-state index in [0.29, 0.717) is 0 Å². The first-order valence-corrected chi connectivity index (χ1v) is 8.75. The van der Waals surface area contributed by atoms with E-state index in [0.717, 1.165) is 17.2 Å². The van der Waals surface area contributed by atoms with Crippen LogP contribution < -0.4 is 4.72 Å². The lowest BCUT2D eigenvalue weighted by Crippen LogP contribution is -2.24. The quantitative estimate of drug-likeness (QED) is 0.872. The van der Waals surface area contributed by atoms with E-state index >= 15 is 0 Å². The fraction of sp³-hybridized carbons (Fsp3) is 0.231. The molecule has 1 heterocycles. The summed E-state index contributed by atoms with van der Waals surface area (Å²) >= 11 is 7.22. The minimum absolute atomic E-state index is 0.0486. The summed E-state index contributed by atoms with van der Waals surface area (Å²) in [6.45, 7) is 1.31. The Morgan fingerprint density at radius 1 is 1.33 bits per heavy atom. The van der Waals surface area contributed by atoms with E-state index in [-0.39, 0.29) is 17.1 Å². The van der Waals surface area contributed by atoms with E-state index in [1.165, 1.54) is 17.4 Å². The maximum Gasteiger partial charge on any atom is 0.243 e.